The van der Waals surface area contributed by atoms with Crippen molar-refractivity contribution in [2.45, 2.75) is 13.8 Å². The number of aryl methyl sites for hydroxylation is 2. The van der Waals surface area contributed by atoms with Crippen LogP contribution in [-0.2, 0) is 4.74 Å². The molecule has 0 saturated carbocycles. The molecule has 0 saturated heterocycles. The monoisotopic (exact) mass is 260 g/mol. The quantitative estimate of drug-likeness (QED) is 0.861. The third kappa shape index (κ3) is 2.45. The van der Waals surface area contributed by atoms with Gasteiger partial charge in [-0.2, -0.15) is 0 Å². The summed E-state index contributed by atoms with van der Waals surface area (Å²) in [6.07, 6.45) is 1.60. The predicted octanol–water partition coefficient (Wildman–Crippen LogP) is 2.49. The van der Waals surface area contributed by atoms with Gasteiger partial charge in [0.25, 0.3) is 0 Å². The molecule has 1 heterocycles. The number of rotatable bonds is 3. The van der Waals surface area contributed by atoms with Crippen LogP contribution in [0.4, 0.5) is 0 Å². The number of aromatic nitrogens is 2. The lowest BCUT2D eigenvalue weighted by Gasteiger charge is -2.10. The highest BCUT2D eigenvalue weighted by Crippen LogP contribution is 2.31. The lowest BCUT2D eigenvalue weighted by Crippen LogP contribution is -2.03. The minimum atomic E-state index is -0.492. The van der Waals surface area contributed by atoms with Crippen LogP contribution < -0.4 is 4.74 Å². The fourth-order valence-corrected chi connectivity index (χ4v) is 1.83. The van der Waals surface area contributed by atoms with Gasteiger partial charge in [0.15, 0.2) is 0 Å². The van der Waals surface area contributed by atoms with E-state index in [1.54, 1.807) is 13.3 Å². The fraction of sp³-hybridized carbons (Fsp3) is 0.286. The molecule has 2 rings (SSSR count). The van der Waals surface area contributed by atoms with E-state index in [1.165, 1.54) is 7.11 Å². The smallest absolute Gasteiger partial charge is 0.374 e. The molecule has 0 atom stereocenters. The number of ether oxygens (including phenoxy) is 2. The average Bonchev–Trinajstić information content (AvgIpc) is 2.90. The van der Waals surface area contributed by atoms with Gasteiger partial charge in [-0.3, -0.25) is 0 Å². The van der Waals surface area contributed by atoms with E-state index < -0.39 is 5.97 Å². The maximum Gasteiger partial charge on any atom is 0.374 e. The molecule has 100 valence electrons. The number of nitrogens with one attached hydrogen (secondary N) is 1. The van der Waals surface area contributed by atoms with Crippen LogP contribution in [0.25, 0.3) is 11.3 Å². The molecular weight excluding hydrogens is 244 g/mol. The molecule has 2 aromatic rings. The molecule has 1 aromatic heterocycles. The van der Waals surface area contributed by atoms with Crippen molar-refractivity contribution in [3.63, 3.8) is 0 Å². The highest BCUT2D eigenvalue weighted by atomic mass is 16.5. The zero-order valence-electron chi connectivity index (χ0n) is 11.4. The number of carbonyl (C=O) groups is 1. The first-order valence-corrected chi connectivity index (χ1v) is 5.85. The van der Waals surface area contributed by atoms with E-state index in [9.17, 15) is 4.79 Å². The first kappa shape index (κ1) is 13.1. The van der Waals surface area contributed by atoms with Crippen molar-refractivity contribution in [2.24, 2.45) is 0 Å². The summed E-state index contributed by atoms with van der Waals surface area (Å²) in [7, 11) is 2.94. The molecule has 5 nitrogen and oxygen atoms in total. The van der Waals surface area contributed by atoms with Crippen molar-refractivity contribution in [1.82, 2.24) is 9.97 Å². The SMILES string of the molecule is COC(=O)c1ncc(-c2cc(C)c(C)cc2OC)[nH]1. The Balaban J connectivity index is 2.49. The van der Waals surface area contributed by atoms with Gasteiger partial charge in [-0.05, 0) is 37.1 Å². The van der Waals surface area contributed by atoms with Crippen LogP contribution in [-0.4, -0.2) is 30.2 Å². The number of imidazole rings is 1. The van der Waals surface area contributed by atoms with E-state index in [0.717, 1.165) is 28.1 Å². The first-order chi connectivity index (χ1) is 9.06. The Bertz CT molecular complexity index is 617. The number of carbonyl (C=O) groups excluding carboxylic acids is 1. The van der Waals surface area contributed by atoms with E-state index in [1.807, 2.05) is 26.0 Å². The van der Waals surface area contributed by atoms with E-state index in [4.69, 9.17) is 4.74 Å². The third-order valence-electron chi connectivity index (χ3n) is 3.06. The summed E-state index contributed by atoms with van der Waals surface area (Å²) < 4.78 is 9.99. The van der Waals surface area contributed by atoms with Crippen LogP contribution in [0, 0.1) is 13.8 Å². The van der Waals surface area contributed by atoms with Crippen LogP contribution in [0.2, 0.25) is 0 Å². The Morgan fingerprint density at radius 3 is 2.53 bits per heavy atom. The van der Waals surface area contributed by atoms with Crippen molar-refractivity contribution >= 4 is 5.97 Å². The molecule has 19 heavy (non-hydrogen) atoms. The molecule has 1 N–H and O–H groups in total. The molecule has 0 fully saturated rings. The van der Waals surface area contributed by atoms with Gasteiger partial charge in [-0.25, -0.2) is 9.78 Å². The maximum absolute atomic E-state index is 11.4. The molecule has 0 unspecified atom stereocenters. The van der Waals surface area contributed by atoms with Crippen LogP contribution in [0.1, 0.15) is 21.7 Å². The average molecular weight is 260 g/mol. The largest absolute Gasteiger partial charge is 0.496 e. The van der Waals surface area contributed by atoms with Crippen molar-refractivity contribution in [3.05, 3.63) is 35.3 Å². The highest BCUT2D eigenvalue weighted by Gasteiger charge is 2.14. The van der Waals surface area contributed by atoms with Gasteiger partial charge in [0.1, 0.15) is 5.75 Å². The molecule has 0 aliphatic heterocycles. The van der Waals surface area contributed by atoms with Gasteiger partial charge in [0.2, 0.25) is 5.82 Å². The number of esters is 1. The number of nitrogens with zero attached hydrogens (tertiary/aromatic N) is 1. The lowest BCUT2D eigenvalue weighted by atomic mass is 10.0. The topological polar surface area (TPSA) is 64.2 Å². The van der Waals surface area contributed by atoms with Gasteiger partial charge in [0.05, 0.1) is 26.1 Å². The second-order valence-corrected chi connectivity index (χ2v) is 4.27. The molecule has 5 heteroatoms. The molecule has 0 radical (unpaired) electrons. The molecule has 0 spiro atoms. The second-order valence-electron chi connectivity index (χ2n) is 4.27. The molecule has 1 aromatic carbocycles. The summed E-state index contributed by atoms with van der Waals surface area (Å²) in [4.78, 5) is 18.3. The Morgan fingerprint density at radius 1 is 1.21 bits per heavy atom. The lowest BCUT2D eigenvalue weighted by molar-refractivity contribution is 0.0588. The normalized spacial score (nSPS) is 10.3. The Labute approximate surface area is 111 Å². The third-order valence-corrected chi connectivity index (χ3v) is 3.06. The minimum Gasteiger partial charge on any atom is -0.496 e. The summed E-state index contributed by atoms with van der Waals surface area (Å²) in [5, 5.41) is 0. The number of methoxy groups -OCH3 is 2. The van der Waals surface area contributed by atoms with Crippen LogP contribution in [0.15, 0.2) is 18.3 Å². The van der Waals surface area contributed by atoms with Gasteiger partial charge < -0.3 is 14.5 Å². The van der Waals surface area contributed by atoms with Gasteiger partial charge in [0, 0.05) is 5.56 Å². The van der Waals surface area contributed by atoms with Gasteiger partial charge in [-0.1, -0.05) is 0 Å². The van der Waals surface area contributed by atoms with Crippen LogP contribution in [0.3, 0.4) is 0 Å². The van der Waals surface area contributed by atoms with E-state index in [-0.39, 0.29) is 5.82 Å². The molecule has 0 aliphatic rings. The summed E-state index contributed by atoms with van der Waals surface area (Å²) in [5.41, 5.74) is 3.88. The van der Waals surface area contributed by atoms with Crippen LogP contribution in [0.5, 0.6) is 5.75 Å². The standard InChI is InChI=1S/C14H16N2O3/c1-8-5-10(12(18-3)6-9(8)2)11-7-15-13(16-11)14(17)19-4/h5-7H,1-4H3,(H,15,16). The molecular formula is C14H16N2O3. The van der Waals surface area contributed by atoms with Crippen molar-refractivity contribution < 1.29 is 14.3 Å². The van der Waals surface area contributed by atoms with Crippen LogP contribution >= 0.6 is 0 Å². The summed E-state index contributed by atoms with van der Waals surface area (Å²) in [5.74, 6) is 0.426. The summed E-state index contributed by atoms with van der Waals surface area (Å²) in [6.45, 7) is 4.05. The fourth-order valence-electron chi connectivity index (χ4n) is 1.83. The van der Waals surface area contributed by atoms with Crippen molar-refractivity contribution in [2.75, 3.05) is 14.2 Å². The van der Waals surface area contributed by atoms with Crippen molar-refractivity contribution in [3.8, 4) is 17.0 Å². The Hall–Kier alpha value is -2.30. The van der Waals surface area contributed by atoms with Crippen molar-refractivity contribution in [1.29, 1.82) is 0 Å². The van der Waals surface area contributed by atoms with Gasteiger partial charge in [-0.15, -0.1) is 0 Å². The van der Waals surface area contributed by atoms with E-state index in [2.05, 4.69) is 14.7 Å². The second kappa shape index (κ2) is 5.14. The van der Waals surface area contributed by atoms with E-state index in [0.29, 0.717) is 0 Å². The molecule has 0 aliphatic carbocycles. The Kier molecular flexibility index (Phi) is 3.55. The number of benzene rings is 1. The van der Waals surface area contributed by atoms with Gasteiger partial charge >= 0.3 is 5.97 Å². The zero-order chi connectivity index (χ0) is 14.0. The molecule has 0 amide bonds. The van der Waals surface area contributed by atoms with E-state index >= 15 is 0 Å². The zero-order valence-corrected chi connectivity index (χ0v) is 11.4. The number of aromatic amines is 1. The number of hydrogen-bond donors (Lipinski definition) is 1. The number of hydrogen-bond acceptors (Lipinski definition) is 4. The Morgan fingerprint density at radius 2 is 1.89 bits per heavy atom. The maximum atomic E-state index is 11.4. The number of H-pyrrole nitrogens is 1. The first-order valence-electron chi connectivity index (χ1n) is 5.85. The summed E-state index contributed by atoms with van der Waals surface area (Å²) in [6, 6.07) is 3.96. The highest BCUT2D eigenvalue weighted by molar-refractivity contribution is 5.86. The summed E-state index contributed by atoms with van der Waals surface area (Å²) >= 11 is 0. The predicted molar refractivity (Wildman–Crippen MR) is 71.4 cm³/mol. The minimum absolute atomic E-state index is 0.179. The molecule has 0 bridgehead atoms.